The molecule has 0 bridgehead atoms. The summed E-state index contributed by atoms with van der Waals surface area (Å²) in [7, 11) is 0. The Kier molecular flexibility index (Phi) is 1.78. The monoisotopic (exact) mass is 173 g/mol. The maximum atomic E-state index is 11.5. The first-order chi connectivity index (χ1) is 6.24. The quantitative estimate of drug-likeness (QED) is 0.705. The third kappa shape index (κ3) is 1.11. The van der Waals surface area contributed by atoms with Crippen LogP contribution in [0.1, 0.15) is 33.9 Å². The number of benzene rings is 1. The van der Waals surface area contributed by atoms with Crippen molar-refractivity contribution in [2.45, 2.75) is 12.5 Å². The van der Waals surface area contributed by atoms with Crippen molar-refractivity contribution >= 4 is 11.9 Å². The van der Waals surface area contributed by atoms with Gasteiger partial charge in [-0.25, -0.2) is 0 Å². The average Bonchev–Trinajstić information content (AvgIpc) is 2.43. The molecular formula is C11H11NO. The average molecular weight is 173 g/mol. The summed E-state index contributed by atoms with van der Waals surface area (Å²) in [5, 5.41) is 0. The first-order valence-electron chi connectivity index (χ1n) is 4.28. The van der Waals surface area contributed by atoms with E-state index in [1.807, 2.05) is 18.2 Å². The summed E-state index contributed by atoms with van der Waals surface area (Å²) in [6.07, 6.45) is 2.13. The predicted molar refractivity (Wildman–Crippen MR) is 52.4 cm³/mol. The van der Waals surface area contributed by atoms with Crippen molar-refractivity contribution in [3.05, 3.63) is 41.5 Å². The summed E-state index contributed by atoms with van der Waals surface area (Å²) in [5.74, 6) is 0.137. The number of carbonyl (C=O) groups excluding carboxylic acids is 1. The van der Waals surface area contributed by atoms with Gasteiger partial charge in [-0.15, -0.1) is 0 Å². The minimum absolute atomic E-state index is 0.123. The highest BCUT2D eigenvalue weighted by atomic mass is 16.1. The molecule has 0 aromatic heterocycles. The third-order valence-electron chi connectivity index (χ3n) is 2.43. The van der Waals surface area contributed by atoms with Crippen LogP contribution in [0.25, 0.3) is 6.08 Å². The molecule has 1 aromatic carbocycles. The summed E-state index contributed by atoms with van der Waals surface area (Å²) in [6.45, 7) is 3.67. The predicted octanol–water partition coefficient (Wildman–Crippen LogP) is 1.92. The van der Waals surface area contributed by atoms with Gasteiger partial charge in [0.25, 0.3) is 0 Å². The zero-order valence-corrected chi connectivity index (χ0v) is 7.29. The summed E-state index contributed by atoms with van der Waals surface area (Å²) < 4.78 is 0. The lowest BCUT2D eigenvalue weighted by Gasteiger charge is -2.04. The first kappa shape index (κ1) is 8.20. The summed E-state index contributed by atoms with van der Waals surface area (Å²) in [4.78, 5) is 11.5. The van der Waals surface area contributed by atoms with E-state index >= 15 is 0 Å². The van der Waals surface area contributed by atoms with Crippen LogP contribution >= 0.6 is 0 Å². The third-order valence-corrected chi connectivity index (χ3v) is 2.43. The van der Waals surface area contributed by atoms with Crippen LogP contribution in [-0.4, -0.2) is 5.78 Å². The van der Waals surface area contributed by atoms with E-state index in [9.17, 15) is 4.79 Å². The maximum Gasteiger partial charge on any atom is 0.165 e. The normalized spacial score (nSPS) is 20.1. The molecule has 13 heavy (non-hydrogen) atoms. The molecule has 1 aliphatic carbocycles. The SMILES string of the molecule is C=Cc1cccc2c1C(=O)C[C@@H]2N. The Hall–Kier alpha value is -1.41. The highest BCUT2D eigenvalue weighted by Crippen LogP contribution is 2.31. The second kappa shape index (κ2) is 2.82. The standard InChI is InChI=1S/C11H11NO/c1-2-7-4-3-5-8-9(12)6-10(13)11(7)8/h2-5,9H,1,6,12H2/t9-/m0/s1. The molecule has 0 spiro atoms. The Bertz CT molecular complexity index is 382. The molecule has 2 nitrogen and oxygen atoms in total. The Morgan fingerprint density at radius 1 is 1.54 bits per heavy atom. The molecule has 0 saturated heterocycles. The molecule has 2 heteroatoms. The van der Waals surface area contributed by atoms with E-state index in [1.54, 1.807) is 6.08 Å². The molecular weight excluding hydrogens is 162 g/mol. The van der Waals surface area contributed by atoms with Crippen LogP contribution in [0.2, 0.25) is 0 Å². The van der Waals surface area contributed by atoms with Gasteiger partial charge in [0.05, 0.1) is 0 Å². The fraction of sp³-hybridized carbons (Fsp3) is 0.182. The molecule has 0 amide bonds. The number of hydrogen-bond acceptors (Lipinski definition) is 2. The first-order valence-corrected chi connectivity index (χ1v) is 4.28. The maximum absolute atomic E-state index is 11.5. The number of fused-ring (bicyclic) bond motifs is 1. The van der Waals surface area contributed by atoms with Crippen LogP contribution in [-0.2, 0) is 0 Å². The van der Waals surface area contributed by atoms with E-state index in [0.717, 1.165) is 16.7 Å². The summed E-state index contributed by atoms with van der Waals surface area (Å²) >= 11 is 0. The van der Waals surface area contributed by atoms with Crippen LogP contribution in [0.4, 0.5) is 0 Å². The number of rotatable bonds is 1. The Morgan fingerprint density at radius 2 is 2.31 bits per heavy atom. The van der Waals surface area contributed by atoms with Crippen molar-refractivity contribution in [3.63, 3.8) is 0 Å². The lowest BCUT2D eigenvalue weighted by atomic mass is 10.0. The van der Waals surface area contributed by atoms with E-state index < -0.39 is 0 Å². The van der Waals surface area contributed by atoms with Gasteiger partial charge in [-0.3, -0.25) is 4.79 Å². The largest absolute Gasteiger partial charge is 0.324 e. The van der Waals surface area contributed by atoms with Crippen molar-refractivity contribution < 1.29 is 4.79 Å². The second-order valence-corrected chi connectivity index (χ2v) is 3.25. The van der Waals surface area contributed by atoms with Crippen molar-refractivity contribution in [1.29, 1.82) is 0 Å². The van der Waals surface area contributed by atoms with Crippen LogP contribution in [0.15, 0.2) is 24.8 Å². The van der Waals surface area contributed by atoms with Crippen LogP contribution in [0.3, 0.4) is 0 Å². The molecule has 1 aliphatic rings. The van der Waals surface area contributed by atoms with E-state index in [1.165, 1.54) is 0 Å². The van der Waals surface area contributed by atoms with Crippen LogP contribution in [0, 0.1) is 0 Å². The van der Waals surface area contributed by atoms with E-state index in [0.29, 0.717) is 6.42 Å². The van der Waals surface area contributed by atoms with Crippen LogP contribution in [0.5, 0.6) is 0 Å². The minimum atomic E-state index is -0.123. The lowest BCUT2D eigenvalue weighted by Crippen LogP contribution is -2.05. The van der Waals surface area contributed by atoms with Gasteiger partial charge in [0, 0.05) is 18.0 Å². The van der Waals surface area contributed by atoms with Gasteiger partial charge < -0.3 is 5.73 Å². The summed E-state index contributed by atoms with van der Waals surface area (Å²) in [5.41, 5.74) is 8.43. The molecule has 0 fully saturated rings. The van der Waals surface area contributed by atoms with Gasteiger partial charge >= 0.3 is 0 Å². The van der Waals surface area contributed by atoms with Gasteiger partial charge in [0.2, 0.25) is 0 Å². The number of Topliss-reactive ketones (excluding diaryl/α,β-unsaturated/α-hetero) is 1. The molecule has 0 saturated carbocycles. The second-order valence-electron chi connectivity index (χ2n) is 3.25. The van der Waals surface area contributed by atoms with Crippen molar-refractivity contribution in [3.8, 4) is 0 Å². The van der Waals surface area contributed by atoms with Gasteiger partial charge in [-0.05, 0) is 11.1 Å². The van der Waals surface area contributed by atoms with E-state index in [2.05, 4.69) is 6.58 Å². The van der Waals surface area contributed by atoms with Crippen LogP contribution < -0.4 is 5.73 Å². The number of hydrogen-bond donors (Lipinski definition) is 1. The fourth-order valence-corrected chi connectivity index (χ4v) is 1.80. The fourth-order valence-electron chi connectivity index (χ4n) is 1.80. The number of ketones is 1. The van der Waals surface area contributed by atoms with Gasteiger partial charge in [-0.1, -0.05) is 30.9 Å². The summed E-state index contributed by atoms with van der Waals surface area (Å²) in [6, 6.07) is 5.59. The number of nitrogens with two attached hydrogens (primary N) is 1. The van der Waals surface area contributed by atoms with Crippen molar-refractivity contribution in [2.75, 3.05) is 0 Å². The topological polar surface area (TPSA) is 43.1 Å². The van der Waals surface area contributed by atoms with Crippen molar-refractivity contribution in [1.82, 2.24) is 0 Å². The molecule has 2 rings (SSSR count). The van der Waals surface area contributed by atoms with E-state index in [4.69, 9.17) is 5.73 Å². The molecule has 0 radical (unpaired) electrons. The highest BCUT2D eigenvalue weighted by Gasteiger charge is 2.27. The molecule has 2 N–H and O–H groups in total. The smallest absolute Gasteiger partial charge is 0.165 e. The van der Waals surface area contributed by atoms with E-state index in [-0.39, 0.29) is 11.8 Å². The van der Waals surface area contributed by atoms with Gasteiger partial charge in [0.1, 0.15) is 0 Å². The zero-order chi connectivity index (χ0) is 9.42. The molecule has 0 unspecified atom stereocenters. The Labute approximate surface area is 77.1 Å². The number of carbonyl (C=O) groups is 1. The molecule has 1 aromatic rings. The molecule has 66 valence electrons. The minimum Gasteiger partial charge on any atom is -0.324 e. The highest BCUT2D eigenvalue weighted by molar-refractivity contribution is 6.04. The lowest BCUT2D eigenvalue weighted by molar-refractivity contribution is 0.0989. The van der Waals surface area contributed by atoms with Crippen molar-refractivity contribution in [2.24, 2.45) is 5.73 Å². The Balaban J connectivity index is 2.68. The molecule has 1 atom stereocenters. The molecule has 0 aliphatic heterocycles. The molecule has 0 heterocycles. The zero-order valence-electron chi connectivity index (χ0n) is 7.29. The van der Waals surface area contributed by atoms with Gasteiger partial charge in [-0.2, -0.15) is 0 Å². The Morgan fingerprint density at radius 3 is 3.00 bits per heavy atom. The van der Waals surface area contributed by atoms with Gasteiger partial charge in [0.15, 0.2) is 5.78 Å².